The second-order valence-electron chi connectivity index (χ2n) is 6.37. The van der Waals surface area contributed by atoms with Crippen LogP contribution in [0, 0.1) is 0 Å². The zero-order valence-corrected chi connectivity index (χ0v) is 19.7. The third-order valence-electron chi connectivity index (χ3n) is 4.29. The maximum atomic E-state index is 12.6. The summed E-state index contributed by atoms with van der Waals surface area (Å²) in [4.78, 5) is 33.8. The number of halogens is 4. The van der Waals surface area contributed by atoms with Crippen LogP contribution in [0.5, 0.6) is 0 Å². The molecule has 3 rings (SSSR count). The molecular weight excluding hydrogens is 546 g/mol. The van der Waals surface area contributed by atoms with Crippen LogP contribution in [-0.2, 0) is 12.6 Å². The molecule has 1 aliphatic heterocycles. The molecule has 0 saturated heterocycles. The number of amides is 2. The molecule has 1 aromatic carbocycles. The summed E-state index contributed by atoms with van der Waals surface area (Å²) in [5.41, 5.74) is -0.105. The van der Waals surface area contributed by atoms with Crippen molar-refractivity contribution < 1.29 is 22.8 Å². The number of aromatic nitrogens is 1. The zero-order valence-electron chi connectivity index (χ0n) is 16.5. The van der Waals surface area contributed by atoms with Gasteiger partial charge in [0.15, 0.2) is 11.7 Å². The number of guanidine groups is 1. The number of thiazole rings is 1. The lowest BCUT2D eigenvalue weighted by Gasteiger charge is -2.16. The van der Waals surface area contributed by atoms with Gasteiger partial charge in [-0.15, -0.1) is 35.3 Å². The third kappa shape index (κ3) is 6.15. The van der Waals surface area contributed by atoms with Crippen molar-refractivity contribution in [1.82, 2.24) is 20.5 Å². The van der Waals surface area contributed by atoms with E-state index < -0.39 is 11.9 Å². The second-order valence-corrected chi connectivity index (χ2v) is 7.31. The summed E-state index contributed by atoms with van der Waals surface area (Å²) < 4.78 is 37.8. The van der Waals surface area contributed by atoms with Gasteiger partial charge in [-0.25, -0.2) is 4.98 Å². The van der Waals surface area contributed by atoms with Crippen molar-refractivity contribution in [2.24, 2.45) is 4.99 Å². The topological polar surface area (TPSA) is 86.7 Å². The van der Waals surface area contributed by atoms with Gasteiger partial charge in [-0.05, 0) is 19.1 Å². The predicted octanol–water partition coefficient (Wildman–Crippen LogP) is 3.17. The van der Waals surface area contributed by atoms with Crippen molar-refractivity contribution >= 4 is 53.1 Å². The van der Waals surface area contributed by atoms with Crippen LogP contribution in [0.4, 0.5) is 13.2 Å². The minimum Gasteiger partial charge on any atom is -0.357 e. The highest BCUT2D eigenvalue weighted by Crippen LogP contribution is 2.30. The lowest BCUT2D eigenvalue weighted by Crippen LogP contribution is -2.43. The number of nitrogens with one attached hydrogen (secondary N) is 2. The molecule has 2 heterocycles. The summed E-state index contributed by atoms with van der Waals surface area (Å²) in [7, 11) is 0. The average Bonchev–Trinajstić information content (AvgIpc) is 3.27. The van der Waals surface area contributed by atoms with Gasteiger partial charge in [0.2, 0.25) is 0 Å². The SMILES string of the molecule is CCNC(=NCCc1nc(C(F)(F)F)cs1)NCCN1C(=O)c2ccccc2C1=O.I. The fourth-order valence-electron chi connectivity index (χ4n) is 2.89. The Balaban J connectivity index is 0.00000341. The number of carbonyl (C=O) groups excluding carboxylic acids is 2. The van der Waals surface area contributed by atoms with Crippen LogP contribution in [0.2, 0.25) is 0 Å². The van der Waals surface area contributed by atoms with Crippen molar-refractivity contribution in [3.8, 4) is 0 Å². The Morgan fingerprint density at radius 1 is 1.16 bits per heavy atom. The van der Waals surface area contributed by atoms with E-state index in [0.717, 1.165) is 16.7 Å². The van der Waals surface area contributed by atoms with E-state index in [1.807, 2.05) is 6.92 Å². The van der Waals surface area contributed by atoms with Gasteiger partial charge in [0.1, 0.15) is 0 Å². The summed E-state index contributed by atoms with van der Waals surface area (Å²) >= 11 is 0.948. The summed E-state index contributed by atoms with van der Waals surface area (Å²) in [5, 5.41) is 7.39. The number of rotatable bonds is 7. The molecule has 0 saturated carbocycles. The van der Waals surface area contributed by atoms with Gasteiger partial charge in [-0.2, -0.15) is 13.2 Å². The van der Waals surface area contributed by atoms with Crippen molar-refractivity contribution in [3.05, 3.63) is 51.5 Å². The monoisotopic (exact) mass is 567 g/mol. The van der Waals surface area contributed by atoms with Crippen LogP contribution < -0.4 is 10.6 Å². The first-order valence-corrected chi connectivity index (χ1v) is 10.2. The van der Waals surface area contributed by atoms with Crippen LogP contribution in [0.3, 0.4) is 0 Å². The quantitative estimate of drug-likeness (QED) is 0.233. The first-order chi connectivity index (χ1) is 14.3. The maximum Gasteiger partial charge on any atom is 0.434 e. The number of hydrogen-bond acceptors (Lipinski definition) is 5. The summed E-state index contributed by atoms with van der Waals surface area (Å²) in [6.45, 7) is 3.14. The normalized spacial score (nSPS) is 13.8. The first kappa shape index (κ1) is 25.0. The molecule has 12 heteroatoms. The van der Waals surface area contributed by atoms with E-state index in [1.54, 1.807) is 24.3 Å². The standard InChI is InChI=1S/C19H20F3N5O2S.HI/c1-2-23-18(24-8-7-15-26-14(11-30-15)19(20,21)22)25-9-10-27-16(28)12-5-3-4-6-13(12)17(27)29;/h3-6,11H,2,7-10H2,1H3,(H2,23,24,25);1H. The number of benzene rings is 1. The van der Waals surface area contributed by atoms with E-state index >= 15 is 0 Å². The molecule has 2 amide bonds. The Labute approximate surface area is 198 Å². The summed E-state index contributed by atoms with van der Waals surface area (Å²) in [6, 6.07) is 6.66. The van der Waals surface area contributed by atoms with Crippen molar-refractivity contribution in [2.75, 3.05) is 26.2 Å². The molecule has 168 valence electrons. The van der Waals surface area contributed by atoms with Crippen LogP contribution >= 0.6 is 35.3 Å². The molecule has 0 radical (unpaired) electrons. The Morgan fingerprint density at radius 3 is 2.35 bits per heavy atom. The van der Waals surface area contributed by atoms with Gasteiger partial charge in [0.25, 0.3) is 11.8 Å². The lowest BCUT2D eigenvalue weighted by molar-refractivity contribution is -0.140. The number of carbonyl (C=O) groups is 2. The smallest absolute Gasteiger partial charge is 0.357 e. The Kier molecular flexibility index (Phi) is 8.79. The number of imide groups is 1. The van der Waals surface area contributed by atoms with Gasteiger partial charge in [-0.3, -0.25) is 19.5 Å². The molecule has 2 N–H and O–H groups in total. The largest absolute Gasteiger partial charge is 0.434 e. The molecule has 2 aromatic rings. The van der Waals surface area contributed by atoms with Crippen LogP contribution in [0.25, 0.3) is 0 Å². The van der Waals surface area contributed by atoms with Gasteiger partial charge < -0.3 is 10.6 Å². The maximum absolute atomic E-state index is 12.6. The molecule has 0 unspecified atom stereocenters. The Morgan fingerprint density at radius 2 is 1.81 bits per heavy atom. The molecule has 31 heavy (non-hydrogen) atoms. The highest BCUT2D eigenvalue weighted by Gasteiger charge is 2.35. The number of nitrogens with zero attached hydrogens (tertiary/aromatic N) is 3. The second kappa shape index (κ2) is 10.9. The lowest BCUT2D eigenvalue weighted by atomic mass is 10.1. The van der Waals surface area contributed by atoms with Crippen molar-refractivity contribution in [3.63, 3.8) is 0 Å². The molecule has 0 bridgehead atoms. The average molecular weight is 567 g/mol. The van der Waals surface area contributed by atoms with E-state index in [1.165, 1.54) is 4.90 Å². The molecule has 0 fully saturated rings. The molecule has 1 aromatic heterocycles. The molecule has 0 aliphatic carbocycles. The Hall–Kier alpha value is -2.22. The molecule has 1 aliphatic rings. The van der Waals surface area contributed by atoms with Crippen molar-refractivity contribution in [1.29, 1.82) is 0 Å². The molecular formula is C19H21F3IN5O2S. The summed E-state index contributed by atoms with van der Waals surface area (Å²) in [6.07, 6.45) is -4.17. The fraction of sp³-hybridized carbons (Fsp3) is 0.368. The highest BCUT2D eigenvalue weighted by atomic mass is 127. The molecule has 0 atom stereocenters. The highest BCUT2D eigenvalue weighted by molar-refractivity contribution is 14.0. The first-order valence-electron chi connectivity index (χ1n) is 9.30. The minimum atomic E-state index is -4.45. The van der Waals surface area contributed by atoms with Crippen LogP contribution in [-0.4, -0.2) is 53.8 Å². The van der Waals surface area contributed by atoms with Gasteiger partial charge in [0.05, 0.1) is 16.1 Å². The Bertz CT molecular complexity index is 929. The summed E-state index contributed by atoms with van der Waals surface area (Å²) in [5.74, 6) is -0.214. The van der Waals surface area contributed by atoms with Crippen LogP contribution in [0.1, 0.15) is 38.3 Å². The van der Waals surface area contributed by atoms with Gasteiger partial charge in [0, 0.05) is 38.0 Å². The van der Waals surface area contributed by atoms with Gasteiger partial charge >= 0.3 is 6.18 Å². The molecule has 7 nitrogen and oxygen atoms in total. The van der Waals surface area contributed by atoms with E-state index in [9.17, 15) is 22.8 Å². The fourth-order valence-corrected chi connectivity index (χ4v) is 3.68. The number of hydrogen-bond donors (Lipinski definition) is 2. The number of alkyl halides is 3. The van der Waals surface area contributed by atoms with Gasteiger partial charge in [-0.1, -0.05) is 12.1 Å². The number of fused-ring (bicyclic) bond motifs is 1. The van der Waals surface area contributed by atoms with E-state index in [-0.39, 0.29) is 61.8 Å². The predicted molar refractivity (Wildman–Crippen MR) is 122 cm³/mol. The van der Waals surface area contributed by atoms with Crippen molar-refractivity contribution in [2.45, 2.75) is 19.5 Å². The van der Waals surface area contributed by atoms with Crippen LogP contribution in [0.15, 0.2) is 34.6 Å². The van der Waals surface area contributed by atoms with E-state index in [0.29, 0.717) is 28.6 Å². The van der Waals surface area contributed by atoms with E-state index in [4.69, 9.17) is 0 Å². The minimum absolute atomic E-state index is 0. The number of aliphatic imine (C=N–C) groups is 1. The van der Waals surface area contributed by atoms with E-state index in [2.05, 4.69) is 20.6 Å². The molecule has 0 spiro atoms. The zero-order chi connectivity index (χ0) is 21.7. The third-order valence-corrected chi connectivity index (χ3v) is 5.20.